The minimum atomic E-state index is -0.430. The smallest absolute Gasteiger partial charge is 0.226 e. The monoisotopic (exact) mass is 272 g/mol. The quantitative estimate of drug-likeness (QED) is 0.882. The van der Waals surface area contributed by atoms with Crippen LogP contribution in [0.2, 0.25) is 5.02 Å². The predicted octanol–water partition coefficient (Wildman–Crippen LogP) is 1.80. The number of rotatable bonds is 3. The minimum Gasteiger partial charge on any atom is -0.378 e. The molecule has 0 spiro atoms. The summed E-state index contributed by atoms with van der Waals surface area (Å²) in [7, 11) is 0. The van der Waals surface area contributed by atoms with E-state index in [0.717, 1.165) is 6.54 Å². The van der Waals surface area contributed by atoms with Crippen molar-refractivity contribution in [3.05, 3.63) is 29.0 Å². The summed E-state index contributed by atoms with van der Waals surface area (Å²) in [5.74, 6) is -0.605. The zero-order valence-electron chi connectivity index (χ0n) is 9.71. The van der Waals surface area contributed by atoms with Crippen molar-refractivity contribution < 1.29 is 13.9 Å². The van der Waals surface area contributed by atoms with Gasteiger partial charge in [-0.1, -0.05) is 11.6 Å². The topological polar surface area (TPSA) is 50.4 Å². The maximum Gasteiger partial charge on any atom is 0.226 e. The predicted molar refractivity (Wildman–Crippen MR) is 67.3 cm³/mol. The maximum atomic E-state index is 12.8. The molecule has 1 saturated heterocycles. The lowest BCUT2D eigenvalue weighted by molar-refractivity contribution is -0.117. The normalized spacial score (nSPS) is 19.6. The number of ether oxygens (including phenoxy) is 1. The molecule has 18 heavy (non-hydrogen) atoms. The molecule has 1 aliphatic heterocycles. The molecule has 0 aromatic heterocycles. The van der Waals surface area contributed by atoms with E-state index in [-0.39, 0.29) is 17.0 Å². The van der Waals surface area contributed by atoms with Gasteiger partial charge in [-0.2, -0.15) is 0 Å². The van der Waals surface area contributed by atoms with Gasteiger partial charge in [0.2, 0.25) is 5.91 Å². The molecule has 1 aromatic rings. The Morgan fingerprint density at radius 1 is 1.61 bits per heavy atom. The van der Waals surface area contributed by atoms with Crippen molar-refractivity contribution in [1.82, 2.24) is 5.32 Å². The third-order valence-electron chi connectivity index (χ3n) is 2.64. The van der Waals surface area contributed by atoms with Gasteiger partial charge in [-0.3, -0.25) is 4.79 Å². The van der Waals surface area contributed by atoms with E-state index in [9.17, 15) is 9.18 Å². The number of hydrogen-bond donors (Lipinski definition) is 2. The Labute approximate surface area is 109 Å². The van der Waals surface area contributed by atoms with Gasteiger partial charge in [0.1, 0.15) is 5.82 Å². The Hall–Kier alpha value is -1.17. The Morgan fingerprint density at radius 2 is 2.44 bits per heavy atom. The minimum absolute atomic E-state index is 0.0120. The fourth-order valence-electron chi connectivity index (χ4n) is 1.77. The molecule has 0 saturated carbocycles. The number of nitrogens with one attached hydrogen (secondary N) is 2. The van der Waals surface area contributed by atoms with Gasteiger partial charge in [0, 0.05) is 19.0 Å². The SMILES string of the molecule is O=C(CC1COCCN1)Nc1ccc(F)cc1Cl. The lowest BCUT2D eigenvalue weighted by Crippen LogP contribution is -2.43. The van der Waals surface area contributed by atoms with Crippen molar-refractivity contribution in [2.75, 3.05) is 25.1 Å². The van der Waals surface area contributed by atoms with Crippen LogP contribution in [0.4, 0.5) is 10.1 Å². The average molecular weight is 273 g/mol. The lowest BCUT2D eigenvalue weighted by Gasteiger charge is -2.23. The summed E-state index contributed by atoms with van der Waals surface area (Å²) in [4.78, 5) is 11.8. The second-order valence-corrected chi connectivity index (χ2v) is 4.51. The molecule has 2 rings (SSSR count). The number of benzene rings is 1. The summed E-state index contributed by atoms with van der Waals surface area (Å²) < 4.78 is 18.1. The third-order valence-corrected chi connectivity index (χ3v) is 2.95. The highest BCUT2D eigenvalue weighted by atomic mass is 35.5. The second kappa shape index (κ2) is 6.13. The lowest BCUT2D eigenvalue weighted by atomic mass is 10.2. The number of hydrogen-bond acceptors (Lipinski definition) is 3. The van der Waals surface area contributed by atoms with Gasteiger partial charge in [-0.15, -0.1) is 0 Å². The van der Waals surface area contributed by atoms with Gasteiger partial charge < -0.3 is 15.4 Å². The molecule has 0 aliphatic carbocycles. The highest BCUT2D eigenvalue weighted by molar-refractivity contribution is 6.33. The van der Waals surface area contributed by atoms with Crippen molar-refractivity contribution >= 4 is 23.2 Å². The molecule has 1 fully saturated rings. The van der Waals surface area contributed by atoms with Gasteiger partial charge in [-0.05, 0) is 18.2 Å². The van der Waals surface area contributed by atoms with Crippen LogP contribution in [0.1, 0.15) is 6.42 Å². The van der Waals surface area contributed by atoms with Crippen molar-refractivity contribution in [3.63, 3.8) is 0 Å². The summed E-state index contributed by atoms with van der Waals surface area (Å²) in [6.45, 7) is 1.93. The summed E-state index contributed by atoms with van der Waals surface area (Å²) in [6, 6.07) is 3.88. The molecule has 1 heterocycles. The zero-order valence-corrected chi connectivity index (χ0v) is 10.5. The second-order valence-electron chi connectivity index (χ2n) is 4.10. The molecule has 1 unspecified atom stereocenters. The van der Waals surface area contributed by atoms with Crippen LogP contribution in [0, 0.1) is 5.82 Å². The molecule has 1 aromatic carbocycles. The van der Waals surface area contributed by atoms with Crippen molar-refractivity contribution in [2.24, 2.45) is 0 Å². The molecule has 6 heteroatoms. The van der Waals surface area contributed by atoms with Gasteiger partial charge >= 0.3 is 0 Å². The van der Waals surface area contributed by atoms with Crippen LogP contribution in [0.5, 0.6) is 0 Å². The van der Waals surface area contributed by atoms with E-state index in [2.05, 4.69) is 10.6 Å². The Balaban J connectivity index is 1.90. The molecule has 1 atom stereocenters. The van der Waals surface area contributed by atoms with E-state index in [0.29, 0.717) is 25.3 Å². The molecule has 4 nitrogen and oxygen atoms in total. The summed E-state index contributed by atoms with van der Waals surface area (Å²) in [6.07, 6.45) is 0.299. The van der Waals surface area contributed by atoms with Crippen LogP contribution in [0.3, 0.4) is 0 Å². The number of amides is 1. The van der Waals surface area contributed by atoms with E-state index < -0.39 is 5.82 Å². The van der Waals surface area contributed by atoms with E-state index >= 15 is 0 Å². The first kappa shape index (κ1) is 13.3. The fraction of sp³-hybridized carbons (Fsp3) is 0.417. The van der Waals surface area contributed by atoms with Gasteiger partial charge in [0.15, 0.2) is 0 Å². The zero-order chi connectivity index (χ0) is 13.0. The fourth-order valence-corrected chi connectivity index (χ4v) is 1.98. The molecular weight excluding hydrogens is 259 g/mol. The molecule has 1 aliphatic rings. The number of morpholine rings is 1. The van der Waals surface area contributed by atoms with E-state index in [4.69, 9.17) is 16.3 Å². The van der Waals surface area contributed by atoms with Gasteiger partial charge in [0.25, 0.3) is 0 Å². The van der Waals surface area contributed by atoms with E-state index in [1.807, 2.05) is 0 Å². The summed E-state index contributed by atoms with van der Waals surface area (Å²) >= 11 is 5.82. The standard InChI is InChI=1S/C12H14ClFN2O2/c13-10-5-8(14)1-2-11(10)16-12(17)6-9-7-18-4-3-15-9/h1-2,5,9,15H,3-4,6-7H2,(H,16,17). The van der Waals surface area contributed by atoms with Crippen LogP contribution >= 0.6 is 11.6 Å². The summed E-state index contributed by atoms with van der Waals surface area (Å²) in [5.41, 5.74) is 0.416. The van der Waals surface area contributed by atoms with Crippen molar-refractivity contribution in [1.29, 1.82) is 0 Å². The van der Waals surface area contributed by atoms with Crippen LogP contribution < -0.4 is 10.6 Å². The van der Waals surface area contributed by atoms with Gasteiger partial charge in [0.05, 0.1) is 23.9 Å². The average Bonchev–Trinajstić information content (AvgIpc) is 2.34. The van der Waals surface area contributed by atoms with Crippen molar-refractivity contribution in [3.8, 4) is 0 Å². The largest absolute Gasteiger partial charge is 0.378 e. The highest BCUT2D eigenvalue weighted by Gasteiger charge is 2.17. The molecule has 0 bridgehead atoms. The molecule has 2 N–H and O–H groups in total. The Kier molecular flexibility index (Phi) is 4.52. The van der Waals surface area contributed by atoms with Crippen LogP contribution in [-0.2, 0) is 9.53 Å². The number of halogens is 2. The molecule has 98 valence electrons. The first-order chi connectivity index (χ1) is 8.65. The van der Waals surface area contributed by atoms with Crippen LogP contribution in [0.25, 0.3) is 0 Å². The Morgan fingerprint density at radius 3 is 3.11 bits per heavy atom. The molecule has 1 amide bonds. The first-order valence-corrected chi connectivity index (χ1v) is 6.09. The Bertz CT molecular complexity index is 436. The van der Waals surface area contributed by atoms with E-state index in [1.165, 1.54) is 18.2 Å². The first-order valence-electron chi connectivity index (χ1n) is 5.71. The number of carbonyl (C=O) groups excluding carboxylic acids is 1. The van der Waals surface area contributed by atoms with Crippen LogP contribution in [0.15, 0.2) is 18.2 Å². The molecular formula is C12H14ClFN2O2. The number of anilines is 1. The van der Waals surface area contributed by atoms with E-state index in [1.54, 1.807) is 0 Å². The highest BCUT2D eigenvalue weighted by Crippen LogP contribution is 2.22. The maximum absolute atomic E-state index is 12.8. The third kappa shape index (κ3) is 3.66. The van der Waals surface area contributed by atoms with Crippen molar-refractivity contribution in [2.45, 2.75) is 12.5 Å². The summed E-state index contributed by atoms with van der Waals surface area (Å²) in [5, 5.41) is 6.02. The number of carbonyl (C=O) groups is 1. The molecule has 0 radical (unpaired) electrons. The van der Waals surface area contributed by atoms with Crippen LogP contribution in [-0.4, -0.2) is 31.7 Å². The van der Waals surface area contributed by atoms with Gasteiger partial charge in [-0.25, -0.2) is 4.39 Å².